The van der Waals surface area contributed by atoms with Gasteiger partial charge in [-0.15, -0.1) is 0 Å². The Kier molecular flexibility index (Phi) is 4.31. The molecule has 18 heavy (non-hydrogen) atoms. The largest absolute Gasteiger partial charge is 0.316 e. The van der Waals surface area contributed by atoms with Crippen LogP contribution in [0.25, 0.3) is 0 Å². The van der Waals surface area contributed by atoms with E-state index in [2.05, 4.69) is 5.32 Å². The molecule has 0 aromatic heterocycles. The maximum atomic E-state index is 13.2. The molecule has 0 bridgehead atoms. The van der Waals surface area contributed by atoms with Crippen LogP contribution in [0.15, 0.2) is 24.3 Å². The molecule has 1 saturated heterocycles. The highest BCUT2D eigenvalue weighted by Crippen LogP contribution is 2.20. The van der Waals surface area contributed by atoms with E-state index in [4.69, 9.17) is 0 Å². The van der Waals surface area contributed by atoms with E-state index >= 15 is 0 Å². The SMILES string of the molecule is CCN(C(=O)[C@H]1CCCNC1)c1cccc(F)c1. The Morgan fingerprint density at radius 2 is 2.39 bits per heavy atom. The summed E-state index contributed by atoms with van der Waals surface area (Å²) in [5.74, 6) is -0.196. The molecule has 98 valence electrons. The van der Waals surface area contributed by atoms with Crippen LogP contribution in [-0.2, 0) is 4.79 Å². The summed E-state index contributed by atoms with van der Waals surface area (Å²) in [6.07, 6.45) is 1.94. The van der Waals surface area contributed by atoms with E-state index in [0.717, 1.165) is 25.9 Å². The zero-order valence-corrected chi connectivity index (χ0v) is 10.7. The van der Waals surface area contributed by atoms with Gasteiger partial charge in [-0.3, -0.25) is 4.79 Å². The third-order valence-corrected chi connectivity index (χ3v) is 3.35. The number of nitrogens with zero attached hydrogens (tertiary/aromatic N) is 1. The minimum absolute atomic E-state index is 0.0157. The Morgan fingerprint density at radius 1 is 1.56 bits per heavy atom. The van der Waals surface area contributed by atoms with Gasteiger partial charge in [-0.1, -0.05) is 6.07 Å². The molecule has 1 amide bonds. The Labute approximate surface area is 107 Å². The molecule has 1 atom stereocenters. The average molecular weight is 250 g/mol. The van der Waals surface area contributed by atoms with Crippen molar-refractivity contribution in [1.82, 2.24) is 5.32 Å². The van der Waals surface area contributed by atoms with Crippen LogP contribution in [0.4, 0.5) is 10.1 Å². The predicted octanol–water partition coefficient (Wildman–Crippen LogP) is 2.18. The summed E-state index contributed by atoms with van der Waals surface area (Å²) in [6.45, 7) is 4.19. The first-order valence-corrected chi connectivity index (χ1v) is 6.50. The van der Waals surface area contributed by atoms with Crippen LogP contribution in [0, 0.1) is 11.7 Å². The third kappa shape index (κ3) is 2.88. The fourth-order valence-electron chi connectivity index (χ4n) is 2.39. The van der Waals surface area contributed by atoms with Crippen LogP contribution in [0.2, 0.25) is 0 Å². The Bertz CT molecular complexity index is 416. The third-order valence-electron chi connectivity index (χ3n) is 3.35. The summed E-state index contributed by atoms with van der Waals surface area (Å²) >= 11 is 0. The number of carbonyl (C=O) groups is 1. The van der Waals surface area contributed by atoms with E-state index in [9.17, 15) is 9.18 Å². The molecule has 0 aliphatic carbocycles. The zero-order chi connectivity index (χ0) is 13.0. The lowest BCUT2D eigenvalue weighted by molar-refractivity contribution is -0.122. The van der Waals surface area contributed by atoms with Crippen molar-refractivity contribution in [3.63, 3.8) is 0 Å². The number of amides is 1. The number of hydrogen-bond donors (Lipinski definition) is 1. The van der Waals surface area contributed by atoms with Crippen LogP contribution < -0.4 is 10.2 Å². The van der Waals surface area contributed by atoms with Crippen molar-refractivity contribution in [1.29, 1.82) is 0 Å². The topological polar surface area (TPSA) is 32.3 Å². The molecular weight excluding hydrogens is 231 g/mol. The van der Waals surface area contributed by atoms with Crippen molar-refractivity contribution < 1.29 is 9.18 Å². The lowest BCUT2D eigenvalue weighted by Crippen LogP contribution is -2.43. The fourth-order valence-corrected chi connectivity index (χ4v) is 2.39. The molecule has 2 rings (SSSR count). The summed E-state index contributed by atoms with van der Waals surface area (Å²) in [5.41, 5.74) is 0.646. The van der Waals surface area contributed by atoms with Crippen molar-refractivity contribution in [3.8, 4) is 0 Å². The second-order valence-corrected chi connectivity index (χ2v) is 4.61. The van der Waals surface area contributed by atoms with Crippen LogP contribution in [0.5, 0.6) is 0 Å². The van der Waals surface area contributed by atoms with Crippen molar-refractivity contribution in [3.05, 3.63) is 30.1 Å². The number of piperidine rings is 1. The number of anilines is 1. The molecule has 1 aromatic rings. The number of hydrogen-bond acceptors (Lipinski definition) is 2. The van der Waals surface area contributed by atoms with Crippen molar-refractivity contribution in [2.24, 2.45) is 5.92 Å². The second kappa shape index (κ2) is 5.96. The monoisotopic (exact) mass is 250 g/mol. The molecule has 1 aliphatic heterocycles. The smallest absolute Gasteiger partial charge is 0.231 e. The average Bonchev–Trinajstić information content (AvgIpc) is 2.40. The summed E-state index contributed by atoms with van der Waals surface area (Å²) < 4.78 is 13.2. The van der Waals surface area contributed by atoms with Gasteiger partial charge in [-0.2, -0.15) is 0 Å². The number of rotatable bonds is 3. The van der Waals surface area contributed by atoms with Gasteiger partial charge >= 0.3 is 0 Å². The highest BCUT2D eigenvalue weighted by Gasteiger charge is 2.26. The molecule has 0 spiro atoms. The van der Waals surface area contributed by atoms with Gasteiger partial charge in [0.15, 0.2) is 0 Å². The van der Waals surface area contributed by atoms with E-state index in [0.29, 0.717) is 12.2 Å². The number of carbonyl (C=O) groups excluding carboxylic acids is 1. The maximum Gasteiger partial charge on any atom is 0.231 e. The van der Waals surface area contributed by atoms with Crippen molar-refractivity contribution >= 4 is 11.6 Å². The molecule has 1 aromatic carbocycles. The Hall–Kier alpha value is -1.42. The molecule has 1 heterocycles. The highest BCUT2D eigenvalue weighted by molar-refractivity contribution is 5.95. The number of benzene rings is 1. The molecule has 1 fully saturated rings. The maximum absolute atomic E-state index is 13.2. The minimum atomic E-state index is -0.305. The van der Waals surface area contributed by atoms with Gasteiger partial charge in [0.05, 0.1) is 5.92 Å². The summed E-state index contributed by atoms with van der Waals surface area (Å²) in [6, 6.07) is 6.22. The first-order chi connectivity index (χ1) is 8.72. The van der Waals surface area contributed by atoms with E-state index in [1.807, 2.05) is 6.92 Å². The summed E-state index contributed by atoms with van der Waals surface area (Å²) in [7, 11) is 0. The first-order valence-electron chi connectivity index (χ1n) is 6.50. The van der Waals surface area contributed by atoms with Gasteiger partial charge in [0, 0.05) is 18.8 Å². The van der Waals surface area contributed by atoms with E-state index in [1.54, 1.807) is 17.0 Å². The lowest BCUT2D eigenvalue weighted by Gasteiger charge is -2.29. The van der Waals surface area contributed by atoms with Crippen LogP contribution in [0.1, 0.15) is 19.8 Å². The van der Waals surface area contributed by atoms with Crippen molar-refractivity contribution in [2.75, 3.05) is 24.5 Å². The molecule has 3 nitrogen and oxygen atoms in total. The van der Waals surface area contributed by atoms with E-state index in [1.165, 1.54) is 12.1 Å². The van der Waals surface area contributed by atoms with E-state index in [-0.39, 0.29) is 17.6 Å². The minimum Gasteiger partial charge on any atom is -0.316 e. The summed E-state index contributed by atoms with van der Waals surface area (Å²) in [5, 5.41) is 3.24. The molecule has 0 radical (unpaired) electrons. The van der Waals surface area contributed by atoms with Crippen LogP contribution in [-0.4, -0.2) is 25.5 Å². The van der Waals surface area contributed by atoms with Crippen molar-refractivity contribution in [2.45, 2.75) is 19.8 Å². The highest BCUT2D eigenvalue weighted by atomic mass is 19.1. The predicted molar refractivity (Wildman–Crippen MR) is 70.0 cm³/mol. The number of nitrogens with one attached hydrogen (secondary N) is 1. The zero-order valence-electron chi connectivity index (χ0n) is 10.7. The Balaban J connectivity index is 2.14. The van der Waals surface area contributed by atoms with Gasteiger partial charge in [-0.05, 0) is 44.5 Å². The molecule has 4 heteroatoms. The molecule has 0 unspecified atom stereocenters. The standard InChI is InChI=1S/C14H19FN2O/c1-2-17(13-7-3-6-12(15)9-13)14(18)11-5-4-8-16-10-11/h3,6-7,9,11,16H,2,4-5,8,10H2,1H3/t11-/m0/s1. The lowest BCUT2D eigenvalue weighted by atomic mass is 9.98. The number of halogens is 1. The Morgan fingerprint density at radius 3 is 3.00 bits per heavy atom. The normalized spacial score (nSPS) is 19.6. The van der Waals surface area contributed by atoms with Gasteiger partial charge in [0.25, 0.3) is 0 Å². The molecule has 1 aliphatic rings. The van der Waals surface area contributed by atoms with Gasteiger partial charge in [0.2, 0.25) is 5.91 Å². The van der Waals surface area contributed by atoms with Gasteiger partial charge in [0.1, 0.15) is 5.82 Å². The summed E-state index contributed by atoms with van der Waals surface area (Å²) in [4.78, 5) is 14.1. The molecule has 1 N–H and O–H groups in total. The van der Waals surface area contributed by atoms with E-state index < -0.39 is 0 Å². The van der Waals surface area contributed by atoms with Crippen LogP contribution in [0.3, 0.4) is 0 Å². The molecule has 0 saturated carbocycles. The van der Waals surface area contributed by atoms with Crippen LogP contribution >= 0.6 is 0 Å². The first kappa shape index (κ1) is 13.0. The molecular formula is C14H19FN2O. The second-order valence-electron chi connectivity index (χ2n) is 4.61. The van der Waals surface area contributed by atoms with Gasteiger partial charge < -0.3 is 10.2 Å². The van der Waals surface area contributed by atoms with Gasteiger partial charge in [-0.25, -0.2) is 4.39 Å². The fraction of sp³-hybridized carbons (Fsp3) is 0.500. The quantitative estimate of drug-likeness (QED) is 0.891.